The molecule has 0 radical (unpaired) electrons. The van der Waals surface area contributed by atoms with Crippen molar-refractivity contribution in [2.45, 2.75) is 46.7 Å². The fourth-order valence-corrected chi connectivity index (χ4v) is 3.17. The molecule has 162 valence electrons. The second-order valence-electron chi connectivity index (χ2n) is 7.77. The third kappa shape index (κ3) is 7.06. The molecule has 1 N–H and O–H groups in total. The number of benzene rings is 2. The molecule has 0 aromatic heterocycles. The number of amides is 2. The van der Waals surface area contributed by atoms with Gasteiger partial charge in [0.15, 0.2) is 6.61 Å². The van der Waals surface area contributed by atoms with Crippen LogP contribution in [0.25, 0.3) is 0 Å². The molecule has 0 fully saturated rings. The number of hydrogen-bond acceptors (Lipinski definition) is 3. The van der Waals surface area contributed by atoms with Crippen LogP contribution in [0.2, 0.25) is 5.02 Å². The van der Waals surface area contributed by atoms with E-state index in [-0.39, 0.29) is 18.4 Å². The largest absolute Gasteiger partial charge is 0.484 e. The van der Waals surface area contributed by atoms with Crippen LogP contribution in [-0.4, -0.2) is 35.9 Å². The first-order valence-electron chi connectivity index (χ1n) is 10.3. The number of nitrogens with one attached hydrogen (secondary N) is 1. The number of halogens is 1. The Morgan fingerprint density at radius 1 is 1.13 bits per heavy atom. The predicted octanol–water partition coefficient (Wildman–Crippen LogP) is 4.61. The van der Waals surface area contributed by atoms with Crippen LogP contribution in [-0.2, 0) is 16.1 Å². The van der Waals surface area contributed by atoms with Crippen molar-refractivity contribution in [1.29, 1.82) is 0 Å². The standard InChI is InChI=1S/C24H31ClN2O3/c1-5-22(24(29)26-14-17(2)3)27(15-19-9-7-6-8-10-19)23(28)16-30-20-11-12-21(25)18(4)13-20/h6-13,17,22H,5,14-16H2,1-4H3,(H,26,29)/t22-/m0/s1. The molecule has 0 aliphatic heterocycles. The number of aryl methyl sites for hydroxylation is 1. The zero-order chi connectivity index (χ0) is 22.1. The normalized spacial score (nSPS) is 11.8. The van der Waals surface area contributed by atoms with Crippen LogP contribution in [0.4, 0.5) is 0 Å². The van der Waals surface area contributed by atoms with Gasteiger partial charge in [-0.1, -0.05) is 62.7 Å². The van der Waals surface area contributed by atoms with Crippen LogP contribution < -0.4 is 10.1 Å². The molecule has 0 heterocycles. The number of nitrogens with zero attached hydrogens (tertiary/aromatic N) is 1. The van der Waals surface area contributed by atoms with Crippen LogP contribution in [0.15, 0.2) is 48.5 Å². The summed E-state index contributed by atoms with van der Waals surface area (Å²) in [5.41, 5.74) is 1.84. The minimum Gasteiger partial charge on any atom is -0.484 e. The summed E-state index contributed by atoms with van der Waals surface area (Å²) < 4.78 is 5.71. The molecule has 0 spiro atoms. The molecule has 0 saturated heterocycles. The van der Waals surface area contributed by atoms with Crippen molar-refractivity contribution >= 4 is 23.4 Å². The average molecular weight is 431 g/mol. The van der Waals surface area contributed by atoms with Crippen LogP contribution in [0.3, 0.4) is 0 Å². The number of rotatable bonds is 10. The van der Waals surface area contributed by atoms with Gasteiger partial charge in [0.05, 0.1) is 0 Å². The molecule has 0 aliphatic rings. The summed E-state index contributed by atoms with van der Waals surface area (Å²) in [5.74, 6) is 0.527. The molecule has 6 heteroatoms. The van der Waals surface area contributed by atoms with Gasteiger partial charge in [-0.25, -0.2) is 0 Å². The first-order chi connectivity index (χ1) is 14.3. The SMILES string of the molecule is CC[C@@H](C(=O)NCC(C)C)N(Cc1ccccc1)C(=O)COc1ccc(Cl)c(C)c1. The van der Waals surface area contributed by atoms with E-state index < -0.39 is 6.04 Å². The highest BCUT2D eigenvalue weighted by atomic mass is 35.5. The van der Waals surface area contributed by atoms with E-state index in [1.807, 2.05) is 58.0 Å². The Morgan fingerprint density at radius 2 is 1.83 bits per heavy atom. The molecule has 30 heavy (non-hydrogen) atoms. The van der Waals surface area contributed by atoms with E-state index in [1.165, 1.54) is 0 Å². The second-order valence-corrected chi connectivity index (χ2v) is 8.18. The second kappa shape index (κ2) is 11.6. The van der Waals surface area contributed by atoms with Crippen LogP contribution in [0, 0.1) is 12.8 Å². The summed E-state index contributed by atoms with van der Waals surface area (Å²) in [7, 11) is 0. The van der Waals surface area contributed by atoms with Crippen LogP contribution >= 0.6 is 11.6 Å². The van der Waals surface area contributed by atoms with E-state index in [4.69, 9.17) is 16.3 Å². The van der Waals surface area contributed by atoms with Crippen molar-refractivity contribution in [3.8, 4) is 5.75 Å². The predicted molar refractivity (Wildman–Crippen MR) is 121 cm³/mol. The van der Waals surface area contributed by atoms with Crippen molar-refractivity contribution in [2.24, 2.45) is 5.92 Å². The molecular formula is C24H31ClN2O3. The number of ether oxygens (including phenoxy) is 1. The molecule has 0 bridgehead atoms. The van der Waals surface area contributed by atoms with E-state index in [1.54, 1.807) is 23.1 Å². The Bertz CT molecular complexity index is 840. The Kier molecular flexibility index (Phi) is 9.18. The van der Waals surface area contributed by atoms with E-state index in [9.17, 15) is 9.59 Å². The fourth-order valence-electron chi connectivity index (χ4n) is 3.06. The van der Waals surface area contributed by atoms with E-state index in [0.29, 0.717) is 36.2 Å². The van der Waals surface area contributed by atoms with E-state index in [2.05, 4.69) is 5.32 Å². The zero-order valence-corrected chi connectivity index (χ0v) is 18.9. The lowest BCUT2D eigenvalue weighted by molar-refractivity contribution is -0.143. The van der Waals surface area contributed by atoms with Gasteiger partial charge in [0.1, 0.15) is 11.8 Å². The molecule has 1 atom stereocenters. The Balaban J connectivity index is 2.16. The van der Waals surface area contributed by atoms with Gasteiger partial charge in [0, 0.05) is 18.1 Å². The maximum atomic E-state index is 13.1. The van der Waals surface area contributed by atoms with Gasteiger partial charge in [-0.3, -0.25) is 9.59 Å². The highest BCUT2D eigenvalue weighted by Crippen LogP contribution is 2.21. The minimum absolute atomic E-state index is 0.141. The maximum Gasteiger partial charge on any atom is 0.261 e. The molecule has 0 saturated carbocycles. The van der Waals surface area contributed by atoms with E-state index in [0.717, 1.165) is 11.1 Å². The summed E-state index contributed by atoms with van der Waals surface area (Å²) in [4.78, 5) is 27.5. The third-order valence-electron chi connectivity index (χ3n) is 4.76. The summed E-state index contributed by atoms with van der Waals surface area (Å²) >= 11 is 6.06. The van der Waals surface area contributed by atoms with Gasteiger partial charge in [-0.05, 0) is 48.6 Å². The van der Waals surface area contributed by atoms with Crippen molar-refractivity contribution in [2.75, 3.05) is 13.2 Å². The van der Waals surface area contributed by atoms with Gasteiger partial charge in [0.25, 0.3) is 5.91 Å². The molecule has 5 nitrogen and oxygen atoms in total. The van der Waals surface area contributed by atoms with Crippen molar-refractivity contribution in [3.05, 3.63) is 64.7 Å². The first-order valence-corrected chi connectivity index (χ1v) is 10.7. The van der Waals surface area contributed by atoms with Gasteiger partial charge in [-0.2, -0.15) is 0 Å². The highest BCUT2D eigenvalue weighted by Gasteiger charge is 2.29. The van der Waals surface area contributed by atoms with Crippen molar-refractivity contribution in [1.82, 2.24) is 10.2 Å². The highest BCUT2D eigenvalue weighted by molar-refractivity contribution is 6.31. The van der Waals surface area contributed by atoms with E-state index >= 15 is 0 Å². The summed E-state index contributed by atoms with van der Waals surface area (Å²) in [6, 6.07) is 14.4. The lowest BCUT2D eigenvalue weighted by atomic mass is 10.1. The molecule has 0 aliphatic carbocycles. The Labute approximate surface area is 184 Å². The first kappa shape index (κ1) is 23.7. The van der Waals surface area contributed by atoms with Gasteiger partial charge in [0.2, 0.25) is 5.91 Å². The molecule has 0 unspecified atom stereocenters. The zero-order valence-electron chi connectivity index (χ0n) is 18.2. The lowest BCUT2D eigenvalue weighted by Gasteiger charge is -2.30. The van der Waals surface area contributed by atoms with Gasteiger partial charge < -0.3 is 15.0 Å². The van der Waals surface area contributed by atoms with Crippen molar-refractivity contribution in [3.63, 3.8) is 0 Å². The Morgan fingerprint density at radius 3 is 2.43 bits per heavy atom. The quantitative estimate of drug-likeness (QED) is 0.598. The topological polar surface area (TPSA) is 58.6 Å². The molecule has 2 aromatic rings. The van der Waals surface area contributed by atoms with Crippen molar-refractivity contribution < 1.29 is 14.3 Å². The van der Waals surface area contributed by atoms with Gasteiger partial charge in [-0.15, -0.1) is 0 Å². The summed E-state index contributed by atoms with van der Waals surface area (Å²) in [6.07, 6.45) is 0.516. The third-order valence-corrected chi connectivity index (χ3v) is 5.18. The number of carbonyl (C=O) groups is 2. The summed E-state index contributed by atoms with van der Waals surface area (Å²) in [6.45, 7) is 8.63. The lowest BCUT2D eigenvalue weighted by Crippen LogP contribution is -2.50. The number of carbonyl (C=O) groups excluding carboxylic acids is 2. The smallest absolute Gasteiger partial charge is 0.261 e. The number of hydrogen-bond donors (Lipinski definition) is 1. The monoisotopic (exact) mass is 430 g/mol. The van der Waals surface area contributed by atoms with Gasteiger partial charge >= 0.3 is 0 Å². The average Bonchev–Trinajstić information content (AvgIpc) is 2.73. The maximum absolute atomic E-state index is 13.1. The summed E-state index contributed by atoms with van der Waals surface area (Å²) in [5, 5.41) is 3.60. The molecule has 2 aromatic carbocycles. The molecular weight excluding hydrogens is 400 g/mol. The minimum atomic E-state index is -0.563. The Hall–Kier alpha value is -2.53. The molecule has 2 amide bonds. The fraction of sp³-hybridized carbons (Fsp3) is 0.417. The van der Waals surface area contributed by atoms with Crippen LogP contribution in [0.5, 0.6) is 5.75 Å². The molecule has 2 rings (SSSR count). The van der Waals surface area contributed by atoms with Crippen LogP contribution in [0.1, 0.15) is 38.3 Å².